The molecule has 0 unspecified atom stereocenters. The SMILES string of the molecule is C=CC(=O)CC1(c2ccccc2)CC1. The maximum absolute atomic E-state index is 11.3. The summed E-state index contributed by atoms with van der Waals surface area (Å²) in [7, 11) is 0. The first-order valence-electron chi connectivity index (χ1n) is 4.98. The highest BCUT2D eigenvalue weighted by Crippen LogP contribution is 2.51. The predicted molar refractivity (Wildman–Crippen MR) is 57.2 cm³/mol. The number of carbonyl (C=O) groups is 1. The molecule has 14 heavy (non-hydrogen) atoms. The van der Waals surface area contributed by atoms with Gasteiger partial charge in [-0.2, -0.15) is 0 Å². The Morgan fingerprint density at radius 3 is 2.50 bits per heavy atom. The molecule has 1 fully saturated rings. The van der Waals surface area contributed by atoms with E-state index in [0.29, 0.717) is 6.42 Å². The van der Waals surface area contributed by atoms with E-state index in [9.17, 15) is 4.79 Å². The van der Waals surface area contributed by atoms with Gasteiger partial charge in [0, 0.05) is 11.8 Å². The Bertz CT molecular complexity index is 347. The Hall–Kier alpha value is -1.37. The number of rotatable bonds is 4. The summed E-state index contributed by atoms with van der Waals surface area (Å²) < 4.78 is 0. The number of benzene rings is 1. The summed E-state index contributed by atoms with van der Waals surface area (Å²) in [4.78, 5) is 11.3. The molecule has 0 saturated heterocycles. The van der Waals surface area contributed by atoms with Crippen LogP contribution in [0.25, 0.3) is 0 Å². The zero-order valence-corrected chi connectivity index (χ0v) is 8.20. The highest BCUT2D eigenvalue weighted by Gasteiger charge is 2.44. The Morgan fingerprint density at radius 1 is 1.36 bits per heavy atom. The summed E-state index contributed by atoms with van der Waals surface area (Å²) in [6, 6.07) is 10.3. The van der Waals surface area contributed by atoms with Crippen LogP contribution in [0.1, 0.15) is 24.8 Å². The second-order valence-corrected chi connectivity index (χ2v) is 3.99. The third-order valence-electron chi connectivity index (χ3n) is 2.98. The highest BCUT2D eigenvalue weighted by molar-refractivity contribution is 5.90. The van der Waals surface area contributed by atoms with Crippen LogP contribution in [0.15, 0.2) is 43.0 Å². The quantitative estimate of drug-likeness (QED) is 0.661. The molecular weight excluding hydrogens is 172 g/mol. The van der Waals surface area contributed by atoms with Crippen molar-refractivity contribution in [2.75, 3.05) is 0 Å². The zero-order valence-electron chi connectivity index (χ0n) is 8.20. The van der Waals surface area contributed by atoms with Gasteiger partial charge in [0.05, 0.1) is 0 Å². The van der Waals surface area contributed by atoms with Crippen molar-refractivity contribution >= 4 is 5.78 Å². The molecule has 1 nitrogen and oxygen atoms in total. The second-order valence-electron chi connectivity index (χ2n) is 3.99. The van der Waals surface area contributed by atoms with Gasteiger partial charge in [-0.3, -0.25) is 4.79 Å². The van der Waals surface area contributed by atoms with E-state index in [-0.39, 0.29) is 11.2 Å². The number of hydrogen-bond acceptors (Lipinski definition) is 1. The van der Waals surface area contributed by atoms with Gasteiger partial charge >= 0.3 is 0 Å². The minimum atomic E-state index is 0.145. The number of hydrogen-bond donors (Lipinski definition) is 0. The predicted octanol–water partition coefficient (Wildman–Crippen LogP) is 2.86. The fraction of sp³-hybridized carbons (Fsp3) is 0.308. The van der Waals surface area contributed by atoms with Gasteiger partial charge in [-0.1, -0.05) is 36.9 Å². The van der Waals surface area contributed by atoms with Crippen LogP contribution in [0.4, 0.5) is 0 Å². The van der Waals surface area contributed by atoms with Gasteiger partial charge in [-0.15, -0.1) is 0 Å². The van der Waals surface area contributed by atoms with E-state index in [4.69, 9.17) is 0 Å². The Morgan fingerprint density at radius 2 is 2.00 bits per heavy atom. The molecular formula is C13H14O. The molecule has 0 radical (unpaired) electrons. The smallest absolute Gasteiger partial charge is 0.155 e. The van der Waals surface area contributed by atoms with Gasteiger partial charge < -0.3 is 0 Å². The van der Waals surface area contributed by atoms with Crippen LogP contribution in [0, 0.1) is 0 Å². The molecule has 0 bridgehead atoms. The lowest BCUT2D eigenvalue weighted by Gasteiger charge is -2.13. The van der Waals surface area contributed by atoms with E-state index in [0.717, 1.165) is 12.8 Å². The van der Waals surface area contributed by atoms with Crippen molar-refractivity contribution in [3.63, 3.8) is 0 Å². The van der Waals surface area contributed by atoms with Gasteiger partial charge in [0.15, 0.2) is 5.78 Å². The minimum Gasteiger partial charge on any atom is -0.295 e. The van der Waals surface area contributed by atoms with Crippen molar-refractivity contribution in [3.05, 3.63) is 48.6 Å². The monoisotopic (exact) mass is 186 g/mol. The molecule has 0 heterocycles. The molecule has 1 aromatic carbocycles. The van der Waals surface area contributed by atoms with E-state index in [1.807, 2.05) is 18.2 Å². The molecule has 1 aromatic rings. The summed E-state index contributed by atoms with van der Waals surface area (Å²) in [5.41, 5.74) is 1.45. The maximum Gasteiger partial charge on any atom is 0.155 e. The molecule has 72 valence electrons. The third kappa shape index (κ3) is 1.63. The normalized spacial score (nSPS) is 17.4. The van der Waals surface area contributed by atoms with Crippen LogP contribution in [-0.2, 0) is 10.2 Å². The van der Waals surface area contributed by atoms with Crippen molar-refractivity contribution < 1.29 is 4.79 Å². The first-order valence-corrected chi connectivity index (χ1v) is 4.98. The van der Waals surface area contributed by atoms with Crippen LogP contribution < -0.4 is 0 Å². The van der Waals surface area contributed by atoms with E-state index in [1.165, 1.54) is 11.6 Å². The van der Waals surface area contributed by atoms with Gasteiger partial charge in [-0.05, 0) is 24.5 Å². The number of allylic oxidation sites excluding steroid dienone is 1. The summed E-state index contributed by atoms with van der Waals surface area (Å²) in [6.45, 7) is 3.52. The van der Waals surface area contributed by atoms with Gasteiger partial charge in [-0.25, -0.2) is 0 Å². The van der Waals surface area contributed by atoms with Crippen molar-refractivity contribution in [2.45, 2.75) is 24.7 Å². The largest absolute Gasteiger partial charge is 0.295 e. The van der Waals surface area contributed by atoms with Crippen LogP contribution in [0.3, 0.4) is 0 Å². The maximum atomic E-state index is 11.3. The molecule has 0 amide bonds. The summed E-state index contributed by atoms with van der Waals surface area (Å²) in [5, 5.41) is 0. The van der Waals surface area contributed by atoms with Gasteiger partial charge in [0.25, 0.3) is 0 Å². The third-order valence-corrected chi connectivity index (χ3v) is 2.98. The fourth-order valence-corrected chi connectivity index (χ4v) is 1.92. The Labute approximate surface area is 84.5 Å². The molecule has 1 aliphatic carbocycles. The lowest BCUT2D eigenvalue weighted by atomic mass is 9.90. The highest BCUT2D eigenvalue weighted by atomic mass is 16.1. The molecule has 1 saturated carbocycles. The molecule has 0 atom stereocenters. The van der Waals surface area contributed by atoms with Crippen LogP contribution >= 0.6 is 0 Å². The van der Waals surface area contributed by atoms with E-state index < -0.39 is 0 Å². The zero-order chi connectivity index (χ0) is 10.0. The minimum absolute atomic E-state index is 0.145. The lowest BCUT2D eigenvalue weighted by Crippen LogP contribution is -2.11. The van der Waals surface area contributed by atoms with Crippen LogP contribution in [0.2, 0.25) is 0 Å². The van der Waals surface area contributed by atoms with Crippen molar-refractivity contribution in [1.29, 1.82) is 0 Å². The lowest BCUT2D eigenvalue weighted by molar-refractivity contribution is -0.115. The van der Waals surface area contributed by atoms with Gasteiger partial charge in [0.1, 0.15) is 0 Å². The summed E-state index contributed by atoms with van der Waals surface area (Å²) >= 11 is 0. The first-order chi connectivity index (χ1) is 6.77. The topological polar surface area (TPSA) is 17.1 Å². The Balaban J connectivity index is 2.18. The van der Waals surface area contributed by atoms with Crippen molar-refractivity contribution in [3.8, 4) is 0 Å². The Kier molecular flexibility index (Phi) is 2.24. The molecule has 1 heteroatoms. The van der Waals surface area contributed by atoms with Crippen molar-refractivity contribution in [1.82, 2.24) is 0 Å². The average Bonchev–Trinajstić information content (AvgIpc) is 3.00. The van der Waals surface area contributed by atoms with Gasteiger partial charge in [0.2, 0.25) is 0 Å². The fourth-order valence-electron chi connectivity index (χ4n) is 1.92. The van der Waals surface area contributed by atoms with Crippen LogP contribution in [-0.4, -0.2) is 5.78 Å². The molecule has 0 spiro atoms. The van der Waals surface area contributed by atoms with E-state index >= 15 is 0 Å². The molecule has 2 rings (SSSR count). The van der Waals surface area contributed by atoms with Crippen molar-refractivity contribution in [2.24, 2.45) is 0 Å². The van der Waals surface area contributed by atoms with E-state index in [1.54, 1.807) is 0 Å². The number of ketones is 1. The average molecular weight is 186 g/mol. The molecule has 1 aliphatic rings. The summed E-state index contributed by atoms with van der Waals surface area (Å²) in [6.07, 6.45) is 4.33. The standard InChI is InChI=1S/C13H14O/c1-2-12(14)10-13(8-9-13)11-6-4-3-5-7-11/h2-7H,1,8-10H2. The first kappa shape index (κ1) is 9.20. The molecule has 0 aromatic heterocycles. The van der Waals surface area contributed by atoms with Crippen LogP contribution in [0.5, 0.6) is 0 Å². The second kappa shape index (κ2) is 3.41. The molecule has 0 N–H and O–H groups in total. The van der Waals surface area contributed by atoms with E-state index in [2.05, 4.69) is 18.7 Å². The number of carbonyl (C=O) groups excluding carboxylic acids is 1. The summed E-state index contributed by atoms with van der Waals surface area (Å²) in [5.74, 6) is 0.159. The molecule has 0 aliphatic heterocycles.